The van der Waals surface area contributed by atoms with Gasteiger partial charge in [-0.1, -0.05) is 43.2 Å². The average molecular weight is 541 g/mol. The fourth-order valence-corrected chi connectivity index (χ4v) is 6.23. The Balaban J connectivity index is 1.08. The van der Waals surface area contributed by atoms with Crippen molar-refractivity contribution >= 4 is 17.3 Å². The van der Waals surface area contributed by atoms with Gasteiger partial charge in [0.1, 0.15) is 17.7 Å². The van der Waals surface area contributed by atoms with Gasteiger partial charge in [0.25, 0.3) is 0 Å². The van der Waals surface area contributed by atoms with Crippen LogP contribution in [0.5, 0.6) is 5.75 Å². The number of fused-ring (bicyclic) bond motifs is 1. The first-order valence-electron chi connectivity index (χ1n) is 14.9. The Hall–Kier alpha value is -3.26. The van der Waals surface area contributed by atoms with E-state index in [2.05, 4.69) is 22.0 Å². The highest BCUT2D eigenvalue weighted by Gasteiger charge is 2.31. The molecule has 3 heterocycles. The largest absolute Gasteiger partial charge is 0.490 e. The van der Waals surface area contributed by atoms with E-state index in [0.29, 0.717) is 31.0 Å². The van der Waals surface area contributed by atoms with Crippen LogP contribution >= 0.6 is 0 Å². The van der Waals surface area contributed by atoms with Gasteiger partial charge in [-0.15, -0.1) is 0 Å². The SMILES string of the molecule is OC1c2cccnc2N=C(CCCOCc2ccccc2)N1c1ccc(OC2CCN(C3CCCC3)CC2)cc1. The number of piperidine rings is 1. The summed E-state index contributed by atoms with van der Waals surface area (Å²) in [5.41, 5.74) is 2.75. The molecule has 3 aromatic rings. The Morgan fingerprint density at radius 1 is 0.875 bits per heavy atom. The van der Waals surface area contributed by atoms with Gasteiger partial charge in [0.2, 0.25) is 0 Å². The van der Waals surface area contributed by atoms with E-state index >= 15 is 0 Å². The topological polar surface area (TPSA) is 70.4 Å². The number of ether oxygens (including phenoxy) is 2. The van der Waals surface area contributed by atoms with E-state index in [9.17, 15) is 5.11 Å². The van der Waals surface area contributed by atoms with Crippen molar-refractivity contribution in [1.29, 1.82) is 0 Å². The maximum Gasteiger partial charge on any atom is 0.162 e. The van der Waals surface area contributed by atoms with Crippen molar-refractivity contribution < 1.29 is 14.6 Å². The predicted octanol–water partition coefficient (Wildman–Crippen LogP) is 6.41. The molecule has 210 valence electrons. The lowest BCUT2D eigenvalue weighted by atomic mass is 10.0. The third-order valence-electron chi connectivity index (χ3n) is 8.39. The van der Waals surface area contributed by atoms with Crippen molar-refractivity contribution in [3.05, 3.63) is 84.1 Å². The van der Waals surface area contributed by atoms with Crippen LogP contribution in [0.3, 0.4) is 0 Å². The maximum absolute atomic E-state index is 11.4. The van der Waals surface area contributed by atoms with Crippen LogP contribution in [-0.4, -0.2) is 52.7 Å². The van der Waals surface area contributed by atoms with Gasteiger partial charge in [-0.3, -0.25) is 4.90 Å². The molecule has 3 aliphatic rings. The summed E-state index contributed by atoms with van der Waals surface area (Å²) >= 11 is 0. The van der Waals surface area contributed by atoms with Gasteiger partial charge in [0, 0.05) is 49.6 Å². The normalized spacial score (nSPS) is 20.4. The molecule has 1 unspecified atom stereocenters. The standard InChI is InChI=1S/C33H40N4O3/c38-33-30-12-6-20-34-32(30)35-31(13-7-23-39-24-25-8-2-1-3-9-25)37(33)27-14-16-28(17-15-27)40-29-18-21-36(22-19-29)26-10-4-5-11-26/h1-3,6,8-9,12,14-17,20,26,29,33,38H,4-5,7,10-11,13,18-19,21-24H2. The number of rotatable bonds is 10. The van der Waals surface area contributed by atoms with Crippen LogP contribution in [0.4, 0.5) is 11.5 Å². The van der Waals surface area contributed by atoms with Gasteiger partial charge in [-0.05, 0) is 74.1 Å². The molecular weight excluding hydrogens is 500 g/mol. The molecule has 1 N–H and O–H groups in total. The zero-order chi connectivity index (χ0) is 27.1. The summed E-state index contributed by atoms with van der Waals surface area (Å²) < 4.78 is 12.3. The summed E-state index contributed by atoms with van der Waals surface area (Å²) in [6, 6.07) is 22.8. The minimum Gasteiger partial charge on any atom is -0.490 e. The molecule has 2 aliphatic heterocycles. The lowest BCUT2D eigenvalue weighted by Gasteiger charge is -2.36. The number of hydrogen-bond donors (Lipinski definition) is 1. The van der Waals surface area contributed by atoms with Crippen molar-refractivity contribution in [3.63, 3.8) is 0 Å². The first-order valence-corrected chi connectivity index (χ1v) is 14.9. The highest BCUT2D eigenvalue weighted by atomic mass is 16.5. The molecule has 1 atom stereocenters. The maximum atomic E-state index is 11.4. The number of aliphatic hydroxyl groups excluding tert-OH is 1. The fourth-order valence-electron chi connectivity index (χ4n) is 6.23. The molecule has 2 fully saturated rings. The third kappa shape index (κ3) is 6.38. The van der Waals surface area contributed by atoms with E-state index in [4.69, 9.17) is 14.5 Å². The quantitative estimate of drug-likeness (QED) is 0.300. The molecule has 1 saturated carbocycles. The number of likely N-dealkylation sites (tertiary alicyclic amines) is 1. The predicted molar refractivity (Wildman–Crippen MR) is 158 cm³/mol. The Labute approximate surface area is 237 Å². The molecule has 0 spiro atoms. The molecule has 0 amide bonds. The minimum atomic E-state index is -0.854. The van der Waals surface area contributed by atoms with Crippen LogP contribution in [0.1, 0.15) is 68.7 Å². The first kappa shape index (κ1) is 26.9. The molecule has 7 nitrogen and oxygen atoms in total. The summed E-state index contributed by atoms with van der Waals surface area (Å²) in [6.45, 7) is 3.47. The molecule has 40 heavy (non-hydrogen) atoms. The van der Waals surface area contributed by atoms with E-state index in [-0.39, 0.29) is 6.10 Å². The fraction of sp³-hybridized carbons (Fsp3) is 0.455. The van der Waals surface area contributed by atoms with E-state index in [1.165, 1.54) is 25.7 Å². The van der Waals surface area contributed by atoms with Crippen LogP contribution in [0, 0.1) is 0 Å². The van der Waals surface area contributed by atoms with Gasteiger partial charge in [-0.25, -0.2) is 9.98 Å². The number of pyridine rings is 1. The van der Waals surface area contributed by atoms with Crippen molar-refractivity contribution in [1.82, 2.24) is 9.88 Å². The summed E-state index contributed by atoms with van der Waals surface area (Å²) in [4.78, 5) is 13.8. The second-order valence-electron chi connectivity index (χ2n) is 11.1. The van der Waals surface area contributed by atoms with E-state index in [1.54, 1.807) is 6.20 Å². The number of nitrogens with zero attached hydrogens (tertiary/aromatic N) is 4. The Kier molecular flexibility index (Phi) is 8.71. The lowest BCUT2D eigenvalue weighted by molar-refractivity contribution is 0.0768. The Bertz CT molecular complexity index is 1250. The molecule has 0 bridgehead atoms. The summed E-state index contributed by atoms with van der Waals surface area (Å²) in [7, 11) is 0. The van der Waals surface area contributed by atoms with Crippen LogP contribution in [0.15, 0.2) is 77.9 Å². The van der Waals surface area contributed by atoms with Crippen LogP contribution in [0.2, 0.25) is 0 Å². The summed E-state index contributed by atoms with van der Waals surface area (Å²) in [6.07, 6.45) is 10.2. The average Bonchev–Trinajstić information content (AvgIpc) is 3.54. The summed E-state index contributed by atoms with van der Waals surface area (Å²) in [5, 5.41) is 11.4. The van der Waals surface area contributed by atoms with Gasteiger partial charge < -0.3 is 19.5 Å². The zero-order valence-corrected chi connectivity index (χ0v) is 23.2. The molecule has 6 rings (SSSR count). The highest BCUT2D eigenvalue weighted by molar-refractivity contribution is 6.01. The zero-order valence-electron chi connectivity index (χ0n) is 23.2. The smallest absolute Gasteiger partial charge is 0.162 e. The van der Waals surface area contributed by atoms with Crippen molar-refractivity contribution in [3.8, 4) is 5.75 Å². The van der Waals surface area contributed by atoms with Crippen molar-refractivity contribution in [2.24, 2.45) is 4.99 Å². The second-order valence-corrected chi connectivity index (χ2v) is 11.1. The highest BCUT2D eigenvalue weighted by Crippen LogP contribution is 2.37. The van der Waals surface area contributed by atoms with Crippen LogP contribution in [-0.2, 0) is 11.3 Å². The van der Waals surface area contributed by atoms with Crippen LogP contribution < -0.4 is 9.64 Å². The van der Waals surface area contributed by atoms with Crippen molar-refractivity contribution in [2.45, 2.75) is 76.3 Å². The van der Waals surface area contributed by atoms with Gasteiger partial charge in [-0.2, -0.15) is 0 Å². The molecule has 1 aromatic heterocycles. The van der Waals surface area contributed by atoms with Gasteiger partial charge in [0.15, 0.2) is 12.0 Å². The number of benzene rings is 2. The molecule has 0 radical (unpaired) electrons. The number of anilines is 1. The number of hydrogen-bond acceptors (Lipinski definition) is 7. The number of amidine groups is 1. The summed E-state index contributed by atoms with van der Waals surface area (Å²) in [5.74, 6) is 2.25. The number of aliphatic hydroxyl groups is 1. The van der Waals surface area contributed by atoms with Gasteiger partial charge >= 0.3 is 0 Å². The molecule has 7 heteroatoms. The van der Waals surface area contributed by atoms with E-state index < -0.39 is 6.23 Å². The van der Waals surface area contributed by atoms with E-state index in [0.717, 1.165) is 61.2 Å². The van der Waals surface area contributed by atoms with Crippen molar-refractivity contribution in [2.75, 3.05) is 24.6 Å². The van der Waals surface area contributed by atoms with Crippen LogP contribution in [0.25, 0.3) is 0 Å². The Morgan fingerprint density at radius 2 is 1.65 bits per heavy atom. The Morgan fingerprint density at radius 3 is 2.42 bits per heavy atom. The van der Waals surface area contributed by atoms with Gasteiger partial charge in [0.05, 0.1) is 6.61 Å². The number of aliphatic imine (C=N–C) groups is 1. The molecule has 1 saturated heterocycles. The molecular formula is C33H40N4O3. The third-order valence-corrected chi connectivity index (χ3v) is 8.39. The van der Waals surface area contributed by atoms with E-state index in [1.807, 2.05) is 59.5 Å². The lowest BCUT2D eigenvalue weighted by Crippen LogP contribution is -2.43. The molecule has 1 aliphatic carbocycles. The second kappa shape index (κ2) is 12.9. The first-order chi connectivity index (χ1) is 19.7. The number of aromatic nitrogens is 1. The minimum absolute atomic E-state index is 0.259. The monoisotopic (exact) mass is 540 g/mol. The molecule has 2 aromatic carbocycles.